The lowest BCUT2D eigenvalue weighted by Crippen LogP contribution is -2.19. The van der Waals surface area contributed by atoms with Crippen molar-refractivity contribution in [1.82, 2.24) is 15.3 Å². The van der Waals surface area contributed by atoms with Crippen LogP contribution in [0.4, 0.5) is 0 Å². The van der Waals surface area contributed by atoms with Gasteiger partial charge in [0.2, 0.25) is 0 Å². The monoisotopic (exact) mass is 239 g/mol. The largest absolute Gasteiger partial charge is 0.511 e. The van der Waals surface area contributed by atoms with Crippen LogP contribution in [0.3, 0.4) is 0 Å². The molecule has 0 saturated carbocycles. The number of hydrogen-bond acceptors (Lipinski definition) is 5. The summed E-state index contributed by atoms with van der Waals surface area (Å²) in [6, 6.07) is 1.76. The maximum atomic E-state index is 11.4. The van der Waals surface area contributed by atoms with Crippen molar-refractivity contribution in [2.45, 2.75) is 19.0 Å². The van der Waals surface area contributed by atoms with Gasteiger partial charge in [-0.3, -0.25) is 4.79 Å². The lowest BCUT2D eigenvalue weighted by molar-refractivity contribution is -0.116. The first-order valence-corrected chi connectivity index (χ1v) is 5.45. The van der Waals surface area contributed by atoms with Gasteiger partial charge in [0.05, 0.1) is 0 Å². The van der Waals surface area contributed by atoms with Crippen LogP contribution in [-0.4, -0.2) is 28.0 Å². The van der Waals surface area contributed by atoms with E-state index in [0.29, 0.717) is 5.16 Å². The number of carbonyl (C=O) groups is 1. The van der Waals surface area contributed by atoms with Crippen LogP contribution in [0.25, 0.3) is 0 Å². The molecule has 0 aliphatic carbocycles. The Morgan fingerprint density at radius 1 is 1.56 bits per heavy atom. The third-order valence-electron chi connectivity index (χ3n) is 1.73. The highest BCUT2D eigenvalue weighted by Crippen LogP contribution is 2.25. The minimum Gasteiger partial charge on any atom is -0.511 e. The quantitative estimate of drug-likeness (QED) is 0.361. The molecule has 86 valence electrons. The first-order chi connectivity index (χ1) is 7.54. The van der Waals surface area contributed by atoms with Gasteiger partial charge >= 0.3 is 0 Å². The second-order valence-electron chi connectivity index (χ2n) is 3.08. The highest BCUT2D eigenvalue weighted by atomic mass is 32.2. The zero-order chi connectivity index (χ0) is 12.1. The van der Waals surface area contributed by atoms with Crippen molar-refractivity contribution in [2.75, 3.05) is 7.05 Å². The second kappa shape index (κ2) is 5.50. The number of aryl methyl sites for hydroxylation is 1. The molecule has 1 aromatic heterocycles. The predicted octanol–water partition coefficient (Wildman–Crippen LogP) is 1.41. The van der Waals surface area contributed by atoms with Gasteiger partial charge in [-0.15, -0.1) is 0 Å². The maximum Gasteiger partial charge on any atom is 0.261 e. The standard InChI is InChI=1S/C10H13N3O2S/c1-6-4-5-12-10(13-6)16-8(7(2)14)9(15)11-3/h4-5,14H,1-3H3,(H,11,15)/b8-7-. The molecule has 16 heavy (non-hydrogen) atoms. The number of aliphatic hydroxyl groups is 1. The van der Waals surface area contributed by atoms with Gasteiger partial charge in [-0.1, -0.05) is 0 Å². The van der Waals surface area contributed by atoms with E-state index in [9.17, 15) is 9.90 Å². The molecular formula is C10H13N3O2S. The Kier molecular flexibility index (Phi) is 4.30. The molecule has 0 spiro atoms. The van der Waals surface area contributed by atoms with Crippen molar-refractivity contribution in [2.24, 2.45) is 0 Å². The third kappa shape index (κ3) is 3.23. The summed E-state index contributed by atoms with van der Waals surface area (Å²) in [5.74, 6) is -0.399. The molecule has 1 heterocycles. The summed E-state index contributed by atoms with van der Waals surface area (Å²) in [6.07, 6.45) is 1.61. The predicted molar refractivity (Wildman–Crippen MR) is 62.0 cm³/mol. The van der Waals surface area contributed by atoms with Crippen LogP contribution in [-0.2, 0) is 4.79 Å². The number of hydrogen-bond donors (Lipinski definition) is 2. The molecular weight excluding hydrogens is 226 g/mol. The van der Waals surface area contributed by atoms with Crippen molar-refractivity contribution >= 4 is 17.7 Å². The molecule has 1 rings (SSSR count). The number of rotatable bonds is 3. The highest BCUT2D eigenvalue weighted by molar-refractivity contribution is 8.03. The molecule has 0 aromatic carbocycles. The van der Waals surface area contributed by atoms with Crippen molar-refractivity contribution in [1.29, 1.82) is 0 Å². The van der Waals surface area contributed by atoms with E-state index in [0.717, 1.165) is 17.5 Å². The molecule has 1 aromatic rings. The number of thioether (sulfide) groups is 1. The Labute approximate surface area is 98.0 Å². The molecule has 0 aliphatic rings. The molecule has 0 radical (unpaired) electrons. The summed E-state index contributed by atoms with van der Waals surface area (Å²) in [5.41, 5.74) is 0.810. The van der Waals surface area contributed by atoms with E-state index in [1.54, 1.807) is 12.3 Å². The first-order valence-electron chi connectivity index (χ1n) is 4.64. The van der Waals surface area contributed by atoms with Crippen LogP contribution in [0, 0.1) is 6.92 Å². The fraction of sp³-hybridized carbons (Fsp3) is 0.300. The minimum atomic E-state index is -0.352. The average molecular weight is 239 g/mol. The van der Waals surface area contributed by atoms with Gasteiger partial charge in [0.25, 0.3) is 5.91 Å². The second-order valence-corrected chi connectivity index (χ2v) is 4.05. The summed E-state index contributed by atoms with van der Waals surface area (Å²) in [4.78, 5) is 19.8. The zero-order valence-electron chi connectivity index (χ0n) is 9.31. The highest BCUT2D eigenvalue weighted by Gasteiger charge is 2.14. The normalized spacial score (nSPS) is 11.9. The Morgan fingerprint density at radius 3 is 2.75 bits per heavy atom. The topological polar surface area (TPSA) is 75.1 Å². The van der Waals surface area contributed by atoms with E-state index in [4.69, 9.17) is 0 Å². The Bertz CT molecular complexity index is 428. The fourth-order valence-electron chi connectivity index (χ4n) is 0.964. The van der Waals surface area contributed by atoms with E-state index in [-0.39, 0.29) is 16.6 Å². The van der Waals surface area contributed by atoms with E-state index in [1.165, 1.54) is 14.0 Å². The number of aliphatic hydroxyl groups excluding tert-OH is 1. The van der Waals surface area contributed by atoms with Crippen LogP contribution in [0.15, 0.2) is 28.1 Å². The van der Waals surface area contributed by atoms with Crippen LogP contribution < -0.4 is 5.32 Å². The van der Waals surface area contributed by atoms with Crippen LogP contribution in [0.2, 0.25) is 0 Å². The summed E-state index contributed by atoms with van der Waals surface area (Å²) < 4.78 is 0. The number of nitrogens with zero attached hydrogens (tertiary/aromatic N) is 2. The number of nitrogens with one attached hydrogen (secondary N) is 1. The fourth-order valence-corrected chi connectivity index (χ4v) is 1.79. The van der Waals surface area contributed by atoms with Crippen molar-refractivity contribution in [3.05, 3.63) is 28.6 Å². The molecule has 0 aliphatic heterocycles. The first kappa shape index (κ1) is 12.5. The van der Waals surface area contributed by atoms with Gasteiger partial charge in [0, 0.05) is 18.9 Å². The molecule has 6 heteroatoms. The lowest BCUT2D eigenvalue weighted by atomic mass is 10.4. The molecule has 0 bridgehead atoms. The molecule has 0 unspecified atom stereocenters. The van der Waals surface area contributed by atoms with Crippen molar-refractivity contribution in [3.63, 3.8) is 0 Å². The summed E-state index contributed by atoms with van der Waals surface area (Å²) in [7, 11) is 1.50. The smallest absolute Gasteiger partial charge is 0.261 e. The van der Waals surface area contributed by atoms with Crippen molar-refractivity contribution in [3.8, 4) is 0 Å². The van der Waals surface area contributed by atoms with Crippen LogP contribution in [0.5, 0.6) is 0 Å². The summed E-state index contributed by atoms with van der Waals surface area (Å²) in [6.45, 7) is 3.29. The number of allylic oxidation sites excluding steroid dienone is 1. The van der Waals surface area contributed by atoms with Gasteiger partial charge in [0.1, 0.15) is 10.7 Å². The van der Waals surface area contributed by atoms with Gasteiger partial charge in [-0.05, 0) is 31.7 Å². The third-order valence-corrected chi connectivity index (χ3v) is 2.79. The number of aromatic nitrogens is 2. The molecule has 0 atom stereocenters. The van der Waals surface area contributed by atoms with E-state index in [1.807, 2.05) is 6.92 Å². The summed E-state index contributed by atoms with van der Waals surface area (Å²) >= 11 is 1.04. The Balaban J connectivity index is 2.94. The molecule has 5 nitrogen and oxygen atoms in total. The SMILES string of the molecule is CNC(=O)/C(Sc1nccc(C)n1)=C(\C)O. The van der Waals surface area contributed by atoms with E-state index in [2.05, 4.69) is 15.3 Å². The molecule has 0 saturated heterocycles. The van der Waals surface area contributed by atoms with Gasteiger partial charge in [-0.2, -0.15) is 0 Å². The van der Waals surface area contributed by atoms with Crippen LogP contribution in [0.1, 0.15) is 12.6 Å². The average Bonchev–Trinajstić information content (AvgIpc) is 2.24. The molecule has 0 fully saturated rings. The number of likely N-dealkylation sites (N-methyl/N-ethyl adjacent to an activating group) is 1. The number of amides is 1. The lowest BCUT2D eigenvalue weighted by Gasteiger charge is -2.05. The Morgan fingerprint density at radius 2 is 2.25 bits per heavy atom. The maximum absolute atomic E-state index is 11.4. The van der Waals surface area contributed by atoms with E-state index >= 15 is 0 Å². The molecule has 2 N–H and O–H groups in total. The van der Waals surface area contributed by atoms with Crippen LogP contribution >= 0.6 is 11.8 Å². The zero-order valence-corrected chi connectivity index (χ0v) is 10.1. The Hall–Kier alpha value is -1.56. The van der Waals surface area contributed by atoms with Gasteiger partial charge in [0.15, 0.2) is 5.16 Å². The number of carbonyl (C=O) groups excluding carboxylic acids is 1. The summed E-state index contributed by atoms with van der Waals surface area (Å²) in [5, 5.41) is 12.3. The van der Waals surface area contributed by atoms with Gasteiger partial charge < -0.3 is 10.4 Å². The minimum absolute atomic E-state index is 0.0468. The van der Waals surface area contributed by atoms with Crippen molar-refractivity contribution < 1.29 is 9.90 Å². The van der Waals surface area contributed by atoms with E-state index < -0.39 is 0 Å². The van der Waals surface area contributed by atoms with Gasteiger partial charge in [-0.25, -0.2) is 9.97 Å². The molecule has 1 amide bonds.